The fraction of sp³-hybridized carbons (Fsp3) is 1.00. The van der Waals surface area contributed by atoms with Gasteiger partial charge in [-0.3, -0.25) is 0 Å². The molecule has 0 heterocycles. The Kier molecular flexibility index (Phi) is 51.4. The minimum atomic E-state index is 1.18. The normalized spacial score (nSPS) is 10.4. The number of rotatable bonds is 24. The lowest BCUT2D eigenvalue weighted by molar-refractivity contribution is 0.563. The molecular weight excluding hydrogens is 600 g/mol. The highest BCUT2D eigenvalue weighted by molar-refractivity contribution is 9.09. The predicted molar refractivity (Wildman–Crippen MR) is 169 cm³/mol. The van der Waals surface area contributed by atoms with Crippen LogP contribution in [0.25, 0.3) is 0 Å². The number of hydrogen-bond acceptors (Lipinski definition) is 0. The van der Waals surface area contributed by atoms with Crippen LogP contribution in [0, 0.1) is 0 Å². The summed E-state index contributed by atoms with van der Waals surface area (Å²) in [6.45, 7) is 6.80. The molecule has 0 spiro atoms. The van der Waals surface area contributed by atoms with Crippen LogP contribution in [-0.4, -0.2) is 16.0 Å². The molecule has 33 heavy (non-hydrogen) atoms. The van der Waals surface area contributed by atoms with E-state index in [-0.39, 0.29) is 0 Å². The van der Waals surface area contributed by atoms with Gasteiger partial charge in [-0.05, 0) is 19.3 Å². The summed E-state index contributed by atoms with van der Waals surface area (Å²) in [4.78, 5) is 0. The fourth-order valence-electron chi connectivity index (χ4n) is 3.69. The maximum absolute atomic E-state index is 3.46. The summed E-state index contributed by atoms with van der Waals surface area (Å²) in [5, 5.41) is 3.55. The summed E-state index contributed by atoms with van der Waals surface area (Å²) < 4.78 is 0. The van der Waals surface area contributed by atoms with E-state index in [9.17, 15) is 0 Å². The van der Waals surface area contributed by atoms with Crippen LogP contribution in [0.1, 0.15) is 175 Å². The third-order valence-corrected chi connectivity index (χ3v) is 7.64. The van der Waals surface area contributed by atoms with Crippen molar-refractivity contribution in [3.05, 3.63) is 0 Å². The average molecular weight is 664 g/mol. The summed E-state index contributed by atoms with van der Waals surface area (Å²) in [6, 6.07) is 0. The summed E-state index contributed by atoms with van der Waals surface area (Å²) in [5.74, 6) is 0. The summed E-state index contributed by atoms with van der Waals surface area (Å²) in [6.07, 6.45) is 34.1. The van der Waals surface area contributed by atoms with Gasteiger partial charge in [-0.2, -0.15) is 0 Å². The van der Waals surface area contributed by atoms with Gasteiger partial charge in [0, 0.05) is 16.0 Å². The molecule has 0 bridgehead atoms. The third kappa shape index (κ3) is 51.1. The lowest BCUT2D eigenvalue weighted by Crippen LogP contribution is -1.81. The Bertz CT molecular complexity index is 247. The second kappa shape index (κ2) is 43.5. The maximum Gasteiger partial charge on any atom is 0.00313 e. The van der Waals surface area contributed by atoms with Gasteiger partial charge in [0.2, 0.25) is 0 Å². The van der Waals surface area contributed by atoms with Crippen molar-refractivity contribution in [1.82, 2.24) is 0 Å². The maximum atomic E-state index is 3.46. The number of unbranched alkanes of at least 4 members (excludes halogenated alkanes) is 21. The molecule has 0 nitrogen and oxygen atoms in total. The zero-order valence-electron chi connectivity index (χ0n) is 23.2. The van der Waals surface area contributed by atoms with Crippen molar-refractivity contribution in [3.8, 4) is 0 Å². The van der Waals surface area contributed by atoms with Gasteiger partial charge in [-0.25, -0.2) is 0 Å². The van der Waals surface area contributed by atoms with Crippen LogP contribution in [0.3, 0.4) is 0 Å². The van der Waals surface area contributed by atoms with Gasteiger partial charge < -0.3 is 0 Å². The van der Waals surface area contributed by atoms with E-state index in [1.807, 2.05) is 0 Å². The number of alkyl halides is 3. The van der Waals surface area contributed by atoms with Crippen LogP contribution in [0.4, 0.5) is 0 Å². The van der Waals surface area contributed by atoms with E-state index in [1.165, 1.54) is 170 Å². The molecule has 0 radical (unpaired) electrons. The van der Waals surface area contributed by atoms with Crippen molar-refractivity contribution in [2.45, 2.75) is 175 Å². The Morgan fingerprint density at radius 2 is 0.394 bits per heavy atom. The van der Waals surface area contributed by atoms with Gasteiger partial charge in [0.05, 0.1) is 0 Å². The topological polar surface area (TPSA) is 0 Å². The highest BCUT2D eigenvalue weighted by atomic mass is 79.9. The molecule has 0 aliphatic rings. The van der Waals surface area contributed by atoms with Gasteiger partial charge in [0.15, 0.2) is 0 Å². The Hall–Kier alpha value is 1.44. The van der Waals surface area contributed by atoms with Crippen molar-refractivity contribution in [3.63, 3.8) is 0 Å². The highest BCUT2D eigenvalue weighted by Gasteiger charge is 1.91. The molecule has 0 aliphatic heterocycles. The Morgan fingerprint density at radius 1 is 0.242 bits per heavy atom. The molecule has 0 unspecified atom stereocenters. The van der Waals surface area contributed by atoms with Crippen LogP contribution in [0.2, 0.25) is 0 Å². The van der Waals surface area contributed by atoms with Crippen LogP contribution >= 0.6 is 47.8 Å². The summed E-state index contributed by atoms with van der Waals surface area (Å²) in [5.41, 5.74) is 0. The zero-order chi connectivity index (χ0) is 25.1. The van der Waals surface area contributed by atoms with Crippen molar-refractivity contribution in [2.24, 2.45) is 0 Å². The van der Waals surface area contributed by atoms with Gasteiger partial charge in [0.1, 0.15) is 0 Å². The Morgan fingerprint density at radius 3 is 0.545 bits per heavy atom. The molecule has 0 N–H and O–H groups in total. The third-order valence-electron chi connectivity index (χ3n) is 5.96. The predicted octanol–water partition coefficient (Wildman–Crippen LogP) is 13.6. The molecule has 0 saturated heterocycles. The van der Waals surface area contributed by atoms with Gasteiger partial charge in [-0.15, -0.1) is 0 Å². The summed E-state index contributed by atoms with van der Waals surface area (Å²) in [7, 11) is 0. The van der Waals surface area contributed by atoms with Crippen LogP contribution in [-0.2, 0) is 0 Å². The van der Waals surface area contributed by atoms with Gasteiger partial charge >= 0.3 is 0 Å². The Balaban J connectivity index is -0.000000416. The molecule has 0 aromatic rings. The van der Waals surface area contributed by atoms with E-state index >= 15 is 0 Å². The van der Waals surface area contributed by atoms with Crippen LogP contribution < -0.4 is 0 Å². The number of hydrogen-bond donors (Lipinski definition) is 0. The molecule has 204 valence electrons. The fourth-order valence-corrected chi connectivity index (χ4v) is 4.87. The molecular formula is C30H63Br3. The van der Waals surface area contributed by atoms with E-state index in [4.69, 9.17) is 0 Å². The quantitative estimate of drug-likeness (QED) is 0.0712. The molecule has 0 amide bonds. The smallest absolute Gasteiger partial charge is 0.00313 e. The molecule has 0 aliphatic carbocycles. The monoisotopic (exact) mass is 660 g/mol. The van der Waals surface area contributed by atoms with Gasteiger partial charge in [0.25, 0.3) is 0 Å². The lowest BCUT2D eigenvalue weighted by Gasteiger charge is -2.00. The first-order chi connectivity index (χ1) is 16.2. The van der Waals surface area contributed by atoms with Crippen LogP contribution in [0.15, 0.2) is 0 Å². The second-order valence-electron chi connectivity index (χ2n) is 9.49. The second-order valence-corrected chi connectivity index (χ2v) is 11.9. The molecule has 0 fully saturated rings. The highest BCUT2D eigenvalue weighted by Crippen LogP contribution is 2.11. The SMILES string of the molecule is CCCCCCCCBr.CCCCCCCCCCBr.CCCCCCCCCCCCBr. The first-order valence-electron chi connectivity index (χ1n) is 14.9. The van der Waals surface area contributed by atoms with Gasteiger partial charge in [-0.1, -0.05) is 203 Å². The molecule has 3 heteroatoms. The van der Waals surface area contributed by atoms with E-state index in [1.54, 1.807) is 0 Å². The molecule has 0 aromatic carbocycles. The van der Waals surface area contributed by atoms with Crippen LogP contribution in [0.5, 0.6) is 0 Å². The van der Waals surface area contributed by atoms with Crippen molar-refractivity contribution in [1.29, 1.82) is 0 Å². The van der Waals surface area contributed by atoms with Crippen molar-refractivity contribution in [2.75, 3.05) is 16.0 Å². The van der Waals surface area contributed by atoms with E-state index < -0.39 is 0 Å². The number of halogens is 3. The standard InChI is InChI=1S/C12H25Br.C10H21Br.C8H17Br/c1-2-3-4-5-6-7-8-9-10-11-12-13;1-2-3-4-5-6-7-8-9-10-11;1-2-3-4-5-6-7-8-9/h2-12H2,1H3;2-10H2,1H3;2-8H2,1H3. The minimum absolute atomic E-state index is 1.18. The van der Waals surface area contributed by atoms with E-state index in [0.29, 0.717) is 0 Å². The molecule has 0 saturated carbocycles. The largest absolute Gasteiger partial charge is 0.0928 e. The first-order valence-corrected chi connectivity index (χ1v) is 18.3. The Labute approximate surface area is 237 Å². The molecule has 0 aromatic heterocycles. The average Bonchev–Trinajstić information content (AvgIpc) is 2.83. The van der Waals surface area contributed by atoms with Crippen molar-refractivity contribution >= 4 is 47.8 Å². The first kappa shape index (κ1) is 39.0. The van der Waals surface area contributed by atoms with Crippen molar-refractivity contribution < 1.29 is 0 Å². The molecule has 0 atom stereocenters. The lowest BCUT2D eigenvalue weighted by atomic mass is 10.1. The minimum Gasteiger partial charge on any atom is -0.0928 e. The van der Waals surface area contributed by atoms with E-state index in [0.717, 1.165) is 0 Å². The summed E-state index contributed by atoms with van der Waals surface area (Å²) >= 11 is 10.3. The molecule has 0 rings (SSSR count). The van der Waals surface area contributed by atoms with E-state index in [2.05, 4.69) is 68.6 Å². The zero-order valence-corrected chi connectivity index (χ0v) is 28.0.